The molecule has 0 spiro atoms. The van der Waals surface area contributed by atoms with Gasteiger partial charge in [-0.15, -0.1) is 0 Å². The van der Waals surface area contributed by atoms with E-state index in [4.69, 9.17) is 5.73 Å². The summed E-state index contributed by atoms with van der Waals surface area (Å²) in [5, 5.41) is 5.15. The Morgan fingerprint density at radius 1 is 1.12 bits per heavy atom. The average Bonchev–Trinajstić information content (AvgIpc) is 3.25. The zero-order valence-corrected chi connectivity index (χ0v) is 19.4. The topological polar surface area (TPSA) is 125 Å². The highest BCUT2D eigenvalue weighted by Gasteiger charge is 2.44. The van der Waals surface area contributed by atoms with E-state index in [-0.39, 0.29) is 30.9 Å². The van der Waals surface area contributed by atoms with Crippen molar-refractivity contribution in [3.05, 3.63) is 59.7 Å². The third-order valence-electron chi connectivity index (χ3n) is 4.88. The zero-order valence-electron chi connectivity index (χ0n) is 18.5. The average molecular weight is 502 g/mol. The van der Waals surface area contributed by atoms with Crippen molar-refractivity contribution >= 4 is 33.3 Å². The molecule has 3 rings (SSSR count). The number of hydrogen-bond donors (Lipinski definition) is 3. The van der Waals surface area contributed by atoms with Crippen LogP contribution < -0.4 is 16.4 Å². The molecule has 2 aromatic rings. The van der Waals surface area contributed by atoms with E-state index in [0.717, 1.165) is 15.5 Å². The third kappa shape index (κ3) is 6.84. The quantitative estimate of drug-likeness (QED) is 0.525. The molecule has 1 fully saturated rings. The summed E-state index contributed by atoms with van der Waals surface area (Å²) < 4.78 is 60.2. The van der Waals surface area contributed by atoms with E-state index >= 15 is 0 Å². The molecule has 0 radical (unpaired) electrons. The fourth-order valence-corrected chi connectivity index (χ4v) is 4.31. The molecule has 1 heterocycles. The molecule has 186 valence electrons. The van der Waals surface area contributed by atoms with Crippen molar-refractivity contribution in [3.8, 4) is 0 Å². The highest BCUT2D eigenvalue weighted by atomic mass is 32.2. The molecule has 1 unspecified atom stereocenters. The molecule has 4 N–H and O–H groups in total. The summed E-state index contributed by atoms with van der Waals surface area (Å²) in [5.41, 5.74) is 6.97. The van der Waals surface area contributed by atoms with Crippen LogP contribution in [0.2, 0.25) is 0 Å². The molecule has 0 aromatic heterocycles. The lowest BCUT2D eigenvalue weighted by atomic mass is 10.2. The molecule has 3 amide bonds. The van der Waals surface area contributed by atoms with Crippen LogP contribution in [0.15, 0.2) is 48.5 Å². The van der Waals surface area contributed by atoms with Crippen molar-refractivity contribution in [1.82, 2.24) is 14.5 Å². The molecule has 13 heteroatoms. The number of nitrogens with two attached hydrogens (primary N) is 1. The Hall–Kier alpha value is -3.32. The summed E-state index contributed by atoms with van der Waals surface area (Å²) in [4.78, 5) is 26.8. The van der Waals surface area contributed by atoms with Gasteiger partial charge in [0.15, 0.2) is 6.17 Å². The summed E-state index contributed by atoms with van der Waals surface area (Å²) >= 11 is 0. The van der Waals surface area contributed by atoms with Crippen molar-refractivity contribution < 1.29 is 31.2 Å². The first-order valence-electron chi connectivity index (χ1n) is 9.99. The highest BCUT2D eigenvalue weighted by Crippen LogP contribution is 2.23. The minimum atomic E-state index is -3.79. The maximum atomic E-state index is 12.9. The van der Waals surface area contributed by atoms with Gasteiger partial charge in [0.1, 0.15) is 0 Å². The third-order valence-corrected chi connectivity index (χ3v) is 6.12. The number of rotatable bonds is 6. The SMILES string of the molecule is CF.CS(=O)(=O)N1CCN(C(=O)Nc2ccc(C(F)F)cc2)C1C(=O)NCc1cccc(N)c1. The molecule has 1 atom stereocenters. The molecule has 1 saturated heterocycles. The normalized spacial score (nSPS) is 16.1. The zero-order chi connectivity index (χ0) is 25.5. The van der Waals surface area contributed by atoms with Crippen molar-refractivity contribution in [2.75, 3.05) is 37.6 Å². The molecule has 34 heavy (non-hydrogen) atoms. The van der Waals surface area contributed by atoms with Gasteiger partial charge >= 0.3 is 6.03 Å². The largest absolute Gasteiger partial charge is 0.399 e. The number of nitrogens with one attached hydrogen (secondary N) is 2. The lowest BCUT2D eigenvalue weighted by Crippen LogP contribution is -2.54. The fraction of sp³-hybridized carbons (Fsp3) is 0.333. The van der Waals surface area contributed by atoms with Crippen LogP contribution in [0.5, 0.6) is 0 Å². The van der Waals surface area contributed by atoms with Gasteiger partial charge in [-0.1, -0.05) is 24.3 Å². The second-order valence-electron chi connectivity index (χ2n) is 7.26. The van der Waals surface area contributed by atoms with Crippen LogP contribution in [0.1, 0.15) is 17.6 Å². The molecule has 2 aromatic carbocycles. The number of carbonyl (C=O) groups is 2. The number of alkyl halides is 3. The van der Waals surface area contributed by atoms with Gasteiger partial charge in [-0.3, -0.25) is 14.1 Å². The Morgan fingerprint density at radius 3 is 2.32 bits per heavy atom. The van der Waals surface area contributed by atoms with Gasteiger partial charge in [0.2, 0.25) is 10.0 Å². The number of carbonyl (C=O) groups excluding carboxylic acids is 2. The number of anilines is 2. The van der Waals surface area contributed by atoms with Crippen molar-refractivity contribution in [2.24, 2.45) is 0 Å². The Kier molecular flexibility index (Phi) is 9.27. The van der Waals surface area contributed by atoms with E-state index < -0.39 is 34.6 Å². The first-order valence-corrected chi connectivity index (χ1v) is 11.8. The Morgan fingerprint density at radius 2 is 1.76 bits per heavy atom. The Balaban J connectivity index is 0.00000199. The number of sulfonamides is 1. The lowest BCUT2D eigenvalue weighted by Gasteiger charge is -2.28. The van der Waals surface area contributed by atoms with Gasteiger partial charge in [-0.05, 0) is 29.8 Å². The summed E-state index contributed by atoms with van der Waals surface area (Å²) in [6.45, 7) is -0.000136. The number of hydrogen-bond acceptors (Lipinski definition) is 5. The van der Waals surface area contributed by atoms with Gasteiger partial charge in [0.25, 0.3) is 12.3 Å². The minimum absolute atomic E-state index is 0.0234. The second-order valence-corrected chi connectivity index (χ2v) is 9.19. The van der Waals surface area contributed by atoms with Crippen LogP contribution in [0, 0.1) is 0 Å². The van der Waals surface area contributed by atoms with E-state index in [1.165, 1.54) is 24.3 Å². The molecule has 0 bridgehead atoms. The van der Waals surface area contributed by atoms with E-state index in [2.05, 4.69) is 10.6 Å². The van der Waals surface area contributed by atoms with Crippen molar-refractivity contribution in [3.63, 3.8) is 0 Å². The predicted octanol–water partition coefficient (Wildman–Crippen LogP) is 2.54. The Bertz CT molecular complexity index is 1100. The monoisotopic (exact) mass is 501 g/mol. The maximum Gasteiger partial charge on any atom is 0.323 e. The van der Waals surface area contributed by atoms with Crippen LogP contribution in [-0.2, 0) is 21.4 Å². The highest BCUT2D eigenvalue weighted by molar-refractivity contribution is 7.88. The minimum Gasteiger partial charge on any atom is -0.399 e. The van der Waals surface area contributed by atoms with E-state index in [1.807, 2.05) is 0 Å². The molecule has 9 nitrogen and oxygen atoms in total. The number of benzene rings is 2. The van der Waals surface area contributed by atoms with E-state index in [1.54, 1.807) is 24.3 Å². The van der Waals surface area contributed by atoms with E-state index in [9.17, 15) is 31.2 Å². The first-order chi connectivity index (χ1) is 16.1. The molecule has 1 aliphatic rings. The van der Waals surface area contributed by atoms with Crippen molar-refractivity contribution in [2.45, 2.75) is 19.1 Å². The summed E-state index contributed by atoms with van der Waals surface area (Å²) in [6, 6.07) is 11.0. The summed E-state index contributed by atoms with van der Waals surface area (Å²) in [6.07, 6.45) is -3.09. The lowest BCUT2D eigenvalue weighted by molar-refractivity contribution is -0.127. The molecule has 0 saturated carbocycles. The first kappa shape index (κ1) is 26.9. The number of halogens is 3. The Labute approximate surface area is 195 Å². The van der Waals surface area contributed by atoms with Gasteiger partial charge in [0.05, 0.1) is 13.4 Å². The number of amides is 3. The smallest absolute Gasteiger partial charge is 0.323 e. The van der Waals surface area contributed by atoms with Gasteiger partial charge in [-0.2, -0.15) is 4.31 Å². The summed E-state index contributed by atoms with van der Waals surface area (Å²) in [5.74, 6) is -0.682. The van der Waals surface area contributed by atoms with Crippen LogP contribution >= 0.6 is 0 Å². The second kappa shape index (κ2) is 11.7. The van der Waals surface area contributed by atoms with Crippen LogP contribution in [0.25, 0.3) is 0 Å². The maximum absolute atomic E-state index is 12.9. The van der Waals surface area contributed by atoms with Gasteiger partial charge in [-0.25, -0.2) is 22.0 Å². The van der Waals surface area contributed by atoms with E-state index in [0.29, 0.717) is 18.4 Å². The number of nitrogens with zero attached hydrogens (tertiary/aromatic N) is 2. The number of urea groups is 1. The van der Waals surface area contributed by atoms with Crippen LogP contribution in [-0.4, -0.2) is 62.2 Å². The van der Waals surface area contributed by atoms with Crippen molar-refractivity contribution in [1.29, 1.82) is 0 Å². The standard InChI is InChI=1S/C20H23F2N5O4S.CH3F/c1-32(30,31)27-10-9-26(20(29)25-16-7-5-14(6-8-16)17(21)22)19(27)18(28)24-12-13-3-2-4-15(23)11-13;1-2/h2-8,11,17,19H,9-10,12,23H2,1H3,(H,24,28)(H,25,29);1H3. The number of nitrogen functional groups attached to an aromatic ring is 1. The molecular formula is C21H26F3N5O4S. The predicted molar refractivity (Wildman–Crippen MR) is 122 cm³/mol. The van der Waals surface area contributed by atoms with Crippen LogP contribution in [0.3, 0.4) is 0 Å². The summed E-state index contributed by atoms with van der Waals surface area (Å²) in [7, 11) is -3.29. The molecule has 1 aliphatic heterocycles. The van der Waals surface area contributed by atoms with Gasteiger partial charge < -0.3 is 16.4 Å². The van der Waals surface area contributed by atoms with Crippen LogP contribution in [0.4, 0.5) is 29.3 Å². The molecule has 0 aliphatic carbocycles. The molecular weight excluding hydrogens is 475 g/mol. The fourth-order valence-electron chi connectivity index (χ4n) is 3.33. The van der Waals surface area contributed by atoms with Gasteiger partial charge in [0, 0.05) is 36.6 Å².